The lowest BCUT2D eigenvalue weighted by molar-refractivity contribution is -0.115. The summed E-state index contributed by atoms with van der Waals surface area (Å²) in [6.45, 7) is 1.94. The quantitative estimate of drug-likeness (QED) is 0.358. The Labute approximate surface area is 181 Å². The van der Waals surface area contributed by atoms with Gasteiger partial charge in [0, 0.05) is 5.02 Å². The van der Waals surface area contributed by atoms with Crippen LogP contribution in [0.15, 0.2) is 40.2 Å². The van der Waals surface area contributed by atoms with E-state index < -0.39 is 0 Å². The number of hydrogen-bond acceptors (Lipinski definition) is 4. The average molecular weight is 597 g/mol. The van der Waals surface area contributed by atoms with Crippen LogP contribution in [-0.4, -0.2) is 16.2 Å². The standard InChI is InChI=1S/C17H11ClI2N2O2S/c1-8-2-3-10(18)7-13(8)21-17-22-16(24)14(25-17)6-9-4-11(19)15(23)12(20)5-9/h2-7,23H,1H3,(H,21,22,24)/b14-6-. The highest BCUT2D eigenvalue weighted by atomic mass is 127. The lowest BCUT2D eigenvalue weighted by Gasteiger charge is -2.03. The molecule has 2 N–H and O–H groups in total. The zero-order valence-corrected chi connectivity index (χ0v) is 18.7. The van der Waals surface area contributed by atoms with E-state index in [0.717, 1.165) is 24.0 Å². The summed E-state index contributed by atoms with van der Waals surface area (Å²) in [7, 11) is 0. The maximum atomic E-state index is 12.2. The molecular formula is C17H11ClI2N2O2S. The number of halogens is 3. The monoisotopic (exact) mass is 596 g/mol. The second kappa shape index (κ2) is 7.85. The molecule has 4 nitrogen and oxygen atoms in total. The van der Waals surface area contributed by atoms with Crippen LogP contribution in [0.2, 0.25) is 5.02 Å². The molecule has 1 aliphatic rings. The fourth-order valence-electron chi connectivity index (χ4n) is 2.11. The summed E-state index contributed by atoms with van der Waals surface area (Å²) >= 11 is 11.4. The molecule has 0 aromatic heterocycles. The third-order valence-corrected chi connectivity index (χ3v) is 6.17. The molecule has 0 atom stereocenters. The predicted molar refractivity (Wildman–Crippen MR) is 121 cm³/mol. The van der Waals surface area contributed by atoms with E-state index in [0.29, 0.717) is 15.1 Å². The molecule has 128 valence electrons. The van der Waals surface area contributed by atoms with Crippen LogP contribution in [0.25, 0.3) is 6.08 Å². The van der Waals surface area contributed by atoms with Crippen molar-refractivity contribution in [1.29, 1.82) is 0 Å². The van der Waals surface area contributed by atoms with Gasteiger partial charge in [-0.2, -0.15) is 0 Å². The lowest BCUT2D eigenvalue weighted by Crippen LogP contribution is -2.19. The Hall–Kier alpha value is -0.780. The van der Waals surface area contributed by atoms with Crippen LogP contribution in [0.1, 0.15) is 11.1 Å². The molecular weight excluding hydrogens is 586 g/mol. The van der Waals surface area contributed by atoms with Gasteiger partial charge in [-0.25, -0.2) is 4.99 Å². The molecule has 2 aromatic rings. The molecule has 0 spiro atoms. The van der Waals surface area contributed by atoms with Crippen molar-refractivity contribution in [2.75, 3.05) is 0 Å². The Balaban J connectivity index is 1.90. The van der Waals surface area contributed by atoms with Crippen molar-refractivity contribution in [3.05, 3.63) is 58.5 Å². The van der Waals surface area contributed by atoms with Crippen LogP contribution >= 0.6 is 68.5 Å². The SMILES string of the molecule is Cc1ccc(Cl)cc1N=C1NC(=O)/C(=C/c2cc(I)c(O)c(I)c2)S1. The summed E-state index contributed by atoms with van der Waals surface area (Å²) in [6, 6.07) is 9.12. The minimum absolute atomic E-state index is 0.193. The van der Waals surface area contributed by atoms with Crippen LogP contribution in [0.3, 0.4) is 0 Å². The van der Waals surface area contributed by atoms with E-state index in [9.17, 15) is 9.90 Å². The minimum Gasteiger partial charge on any atom is -0.506 e. The van der Waals surface area contributed by atoms with Crippen LogP contribution < -0.4 is 5.32 Å². The largest absolute Gasteiger partial charge is 0.506 e. The molecule has 1 heterocycles. The number of nitrogens with one attached hydrogen (secondary N) is 1. The molecule has 0 bridgehead atoms. The highest BCUT2D eigenvalue weighted by molar-refractivity contribution is 14.1. The highest BCUT2D eigenvalue weighted by Crippen LogP contribution is 2.32. The molecule has 1 amide bonds. The van der Waals surface area contributed by atoms with Crippen molar-refractivity contribution < 1.29 is 9.90 Å². The number of rotatable bonds is 2. The fraction of sp³-hybridized carbons (Fsp3) is 0.0588. The Morgan fingerprint density at radius 1 is 1.24 bits per heavy atom. The van der Waals surface area contributed by atoms with Crippen LogP contribution in [-0.2, 0) is 4.79 Å². The summed E-state index contributed by atoms with van der Waals surface area (Å²) in [5.74, 6) is 0.0621. The van der Waals surface area contributed by atoms with Gasteiger partial charge in [-0.15, -0.1) is 0 Å². The minimum atomic E-state index is -0.193. The van der Waals surface area contributed by atoms with E-state index in [-0.39, 0.29) is 11.7 Å². The number of aromatic hydroxyl groups is 1. The van der Waals surface area contributed by atoms with E-state index in [1.807, 2.05) is 25.1 Å². The molecule has 0 aliphatic carbocycles. The second-order valence-corrected chi connectivity index (χ2v) is 9.04. The van der Waals surface area contributed by atoms with E-state index in [1.165, 1.54) is 11.8 Å². The Morgan fingerprint density at radius 3 is 2.60 bits per heavy atom. The number of amides is 1. The zero-order chi connectivity index (χ0) is 18.1. The summed E-state index contributed by atoms with van der Waals surface area (Å²) in [6.07, 6.45) is 1.79. The normalized spacial score (nSPS) is 17.4. The summed E-state index contributed by atoms with van der Waals surface area (Å²) < 4.78 is 1.48. The molecule has 1 saturated heterocycles. The Bertz CT molecular complexity index is 921. The van der Waals surface area contributed by atoms with Gasteiger partial charge >= 0.3 is 0 Å². The number of aliphatic imine (C=N–C) groups is 1. The number of carbonyl (C=O) groups is 1. The maximum Gasteiger partial charge on any atom is 0.264 e. The van der Waals surface area contributed by atoms with Crippen molar-refractivity contribution in [2.45, 2.75) is 6.92 Å². The van der Waals surface area contributed by atoms with Gasteiger partial charge in [0.1, 0.15) is 5.75 Å². The number of phenols is 1. The first-order chi connectivity index (χ1) is 11.8. The molecule has 1 aliphatic heterocycles. The first-order valence-electron chi connectivity index (χ1n) is 7.07. The topological polar surface area (TPSA) is 61.7 Å². The van der Waals surface area contributed by atoms with E-state index in [1.54, 1.807) is 18.2 Å². The van der Waals surface area contributed by atoms with Crippen LogP contribution in [0.4, 0.5) is 5.69 Å². The number of carbonyl (C=O) groups excluding carboxylic acids is 1. The number of hydrogen-bond donors (Lipinski definition) is 2. The van der Waals surface area contributed by atoms with Crippen molar-refractivity contribution in [3.8, 4) is 5.75 Å². The first-order valence-corrected chi connectivity index (χ1v) is 10.4. The van der Waals surface area contributed by atoms with Gasteiger partial charge in [0.25, 0.3) is 5.91 Å². The fourth-order valence-corrected chi connectivity index (χ4v) is 4.93. The van der Waals surface area contributed by atoms with Gasteiger partial charge in [-0.05, 0) is 105 Å². The number of amidine groups is 1. The number of thioether (sulfide) groups is 1. The summed E-state index contributed by atoms with van der Waals surface area (Å²) in [5, 5.41) is 13.7. The maximum absolute atomic E-state index is 12.2. The number of aryl methyl sites for hydroxylation is 1. The molecule has 25 heavy (non-hydrogen) atoms. The highest BCUT2D eigenvalue weighted by Gasteiger charge is 2.24. The van der Waals surface area contributed by atoms with Crippen molar-refractivity contribution in [1.82, 2.24) is 5.32 Å². The molecule has 2 aromatic carbocycles. The van der Waals surface area contributed by atoms with E-state index >= 15 is 0 Å². The molecule has 0 radical (unpaired) electrons. The molecule has 1 fully saturated rings. The first kappa shape index (κ1) is 19.0. The Kier molecular flexibility index (Phi) is 5.96. The lowest BCUT2D eigenvalue weighted by atomic mass is 10.2. The third-order valence-electron chi connectivity index (χ3n) is 3.38. The summed E-state index contributed by atoms with van der Waals surface area (Å²) in [4.78, 5) is 17.2. The van der Waals surface area contributed by atoms with Gasteiger partial charge in [-0.1, -0.05) is 17.7 Å². The zero-order valence-electron chi connectivity index (χ0n) is 12.8. The van der Waals surface area contributed by atoms with E-state index in [2.05, 4.69) is 55.5 Å². The van der Waals surface area contributed by atoms with Gasteiger partial charge in [0.15, 0.2) is 5.17 Å². The molecule has 3 rings (SSSR count). The Morgan fingerprint density at radius 2 is 1.92 bits per heavy atom. The molecule has 0 unspecified atom stereocenters. The van der Waals surface area contributed by atoms with Crippen molar-refractivity contribution >= 4 is 91.4 Å². The van der Waals surface area contributed by atoms with Gasteiger partial charge in [-0.3, -0.25) is 4.79 Å². The number of nitrogens with zero attached hydrogens (tertiary/aromatic N) is 1. The average Bonchev–Trinajstić information content (AvgIpc) is 2.88. The smallest absolute Gasteiger partial charge is 0.264 e. The molecule has 0 saturated carbocycles. The molecule has 8 heteroatoms. The van der Waals surface area contributed by atoms with Gasteiger partial charge in [0.2, 0.25) is 0 Å². The predicted octanol–water partition coefficient (Wildman–Crippen LogP) is 5.45. The second-order valence-electron chi connectivity index (χ2n) is 5.25. The van der Waals surface area contributed by atoms with Crippen molar-refractivity contribution in [2.24, 2.45) is 4.99 Å². The number of phenolic OH excluding ortho intramolecular Hbond substituents is 1. The summed E-state index contributed by atoms with van der Waals surface area (Å²) in [5.41, 5.74) is 2.56. The number of benzene rings is 2. The van der Waals surface area contributed by atoms with Crippen molar-refractivity contribution in [3.63, 3.8) is 0 Å². The van der Waals surface area contributed by atoms with Crippen LogP contribution in [0.5, 0.6) is 5.75 Å². The van der Waals surface area contributed by atoms with Crippen LogP contribution in [0, 0.1) is 14.1 Å². The third kappa shape index (κ3) is 4.50. The van der Waals surface area contributed by atoms with Gasteiger partial charge < -0.3 is 10.4 Å². The van der Waals surface area contributed by atoms with Gasteiger partial charge in [0.05, 0.1) is 17.7 Å². The van der Waals surface area contributed by atoms with E-state index in [4.69, 9.17) is 11.6 Å².